The van der Waals surface area contributed by atoms with E-state index in [4.69, 9.17) is 5.73 Å². The number of nitrogens with one attached hydrogen (secondary N) is 2. The van der Waals surface area contributed by atoms with Crippen LogP contribution in [-0.4, -0.2) is 16.7 Å². The molecule has 1 aromatic rings. The maximum Gasteiger partial charge on any atom is 0.149 e. The fraction of sp³-hybridized carbons (Fsp3) is 0.500. The minimum atomic E-state index is 0.641. The average Bonchev–Trinajstić information content (AvgIpc) is 2.34. The molecule has 0 bridgehead atoms. The van der Waals surface area contributed by atoms with Crippen molar-refractivity contribution >= 4 is 5.82 Å². The molecule has 4 N–H and O–H groups in total. The lowest BCUT2D eigenvalue weighted by atomic mass is 10.1. The normalized spacial score (nSPS) is 16.8. The number of rotatable bonds is 0. The van der Waals surface area contributed by atoms with Crippen LogP contribution in [0.2, 0.25) is 0 Å². The Morgan fingerprint density at radius 1 is 1.50 bits per heavy atom. The summed E-state index contributed by atoms with van der Waals surface area (Å²) in [6.45, 7) is 1.88. The molecule has 0 amide bonds. The van der Waals surface area contributed by atoms with Gasteiger partial charge in [0.25, 0.3) is 0 Å². The van der Waals surface area contributed by atoms with E-state index in [-0.39, 0.29) is 0 Å². The van der Waals surface area contributed by atoms with Crippen molar-refractivity contribution in [3.05, 3.63) is 11.3 Å². The Labute approximate surface area is 58.8 Å². The molecule has 1 aliphatic heterocycles. The maximum absolute atomic E-state index is 5.58. The van der Waals surface area contributed by atoms with Gasteiger partial charge < -0.3 is 11.1 Å². The van der Waals surface area contributed by atoms with Crippen molar-refractivity contribution in [2.24, 2.45) is 0 Å². The van der Waals surface area contributed by atoms with E-state index in [1.165, 1.54) is 5.69 Å². The summed E-state index contributed by atoms with van der Waals surface area (Å²) in [5.74, 6) is 0.641. The van der Waals surface area contributed by atoms with Gasteiger partial charge in [-0.2, -0.15) is 5.10 Å². The number of hydrogen-bond donors (Lipinski definition) is 3. The van der Waals surface area contributed by atoms with E-state index >= 15 is 0 Å². The van der Waals surface area contributed by atoms with Gasteiger partial charge in [0.15, 0.2) is 0 Å². The first-order valence-electron chi connectivity index (χ1n) is 3.40. The predicted octanol–water partition coefficient (Wildman–Crippen LogP) is -0.362. The first kappa shape index (κ1) is 5.73. The van der Waals surface area contributed by atoms with Crippen LogP contribution >= 0.6 is 0 Å². The van der Waals surface area contributed by atoms with Crippen LogP contribution in [0.3, 0.4) is 0 Å². The number of nitrogens with two attached hydrogens (primary N) is 1. The van der Waals surface area contributed by atoms with E-state index in [1.54, 1.807) is 0 Å². The van der Waals surface area contributed by atoms with Crippen LogP contribution in [0.5, 0.6) is 0 Å². The molecule has 4 nitrogen and oxygen atoms in total. The Bertz CT molecular complexity index is 240. The van der Waals surface area contributed by atoms with Crippen molar-refractivity contribution < 1.29 is 0 Å². The van der Waals surface area contributed by atoms with Gasteiger partial charge in [0.1, 0.15) is 5.82 Å². The molecule has 0 radical (unpaired) electrons. The molecule has 2 rings (SSSR count). The van der Waals surface area contributed by atoms with Gasteiger partial charge in [0, 0.05) is 30.8 Å². The summed E-state index contributed by atoms with van der Waals surface area (Å²) < 4.78 is 0. The number of aromatic nitrogens is 2. The molecule has 0 spiro atoms. The van der Waals surface area contributed by atoms with Crippen molar-refractivity contribution in [3.8, 4) is 0 Å². The van der Waals surface area contributed by atoms with Crippen molar-refractivity contribution in [1.82, 2.24) is 15.5 Å². The van der Waals surface area contributed by atoms with Gasteiger partial charge in [-0.1, -0.05) is 0 Å². The quantitative estimate of drug-likeness (QED) is 0.458. The molecule has 1 aromatic heterocycles. The largest absolute Gasteiger partial charge is 0.382 e. The van der Waals surface area contributed by atoms with Crippen LogP contribution in [0.25, 0.3) is 0 Å². The summed E-state index contributed by atoms with van der Waals surface area (Å²) in [5.41, 5.74) is 7.91. The summed E-state index contributed by atoms with van der Waals surface area (Å²) in [6, 6.07) is 0. The van der Waals surface area contributed by atoms with E-state index in [9.17, 15) is 0 Å². The zero-order valence-corrected chi connectivity index (χ0v) is 5.65. The fourth-order valence-electron chi connectivity index (χ4n) is 1.25. The molecule has 0 unspecified atom stereocenters. The Morgan fingerprint density at radius 3 is 3.20 bits per heavy atom. The molecule has 0 saturated carbocycles. The third-order valence-electron chi connectivity index (χ3n) is 1.84. The van der Waals surface area contributed by atoms with E-state index in [0.29, 0.717) is 5.82 Å². The highest BCUT2D eigenvalue weighted by Gasteiger charge is 2.13. The lowest BCUT2D eigenvalue weighted by Crippen LogP contribution is -2.23. The zero-order chi connectivity index (χ0) is 6.97. The van der Waals surface area contributed by atoms with Crippen molar-refractivity contribution in [1.29, 1.82) is 0 Å². The molecular formula is C6H10N4. The van der Waals surface area contributed by atoms with Crippen LogP contribution in [-0.2, 0) is 13.0 Å². The topological polar surface area (TPSA) is 66.7 Å². The van der Waals surface area contributed by atoms with Gasteiger partial charge in [-0.15, -0.1) is 0 Å². The van der Waals surface area contributed by atoms with Gasteiger partial charge in [0.2, 0.25) is 0 Å². The number of fused-ring (bicyclic) bond motifs is 1. The third kappa shape index (κ3) is 0.690. The Kier molecular flexibility index (Phi) is 1.14. The van der Waals surface area contributed by atoms with Gasteiger partial charge in [0.05, 0.1) is 0 Å². The summed E-state index contributed by atoms with van der Waals surface area (Å²) in [7, 11) is 0. The third-order valence-corrected chi connectivity index (χ3v) is 1.84. The minimum Gasteiger partial charge on any atom is -0.382 e. The van der Waals surface area contributed by atoms with Crippen molar-refractivity contribution in [2.45, 2.75) is 13.0 Å². The van der Waals surface area contributed by atoms with E-state index < -0.39 is 0 Å². The second-order valence-electron chi connectivity index (χ2n) is 2.49. The number of aromatic amines is 1. The molecule has 4 heteroatoms. The van der Waals surface area contributed by atoms with Crippen LogP contribution in [0.15, 0.2) is 0 Å². The van der Waals surface area contributed by atoms with Crippen LogP contribution < -0.4 is 11.1 Å². The maximum atomic E-state index is 5.58. The summed E-state index contributed by atoms with van der Waals surface area (Å²) in [6.07, 6.45) is 1.01. The summed E-state index contributed by atoms with van der Waals surface area (Å²) in [4.78, 5) is 0. The van der Waals surface area contributed by atoms with Gasteiger partial charge >= 0.3 is 0 Å². The van der Waals surface area contributed by atoms with Crippen LogP contribution in [0.4, 0.5) is 5.82 Å². The lowest BCUT2D eigenvalue weighted by molar-refractivity contribution is 0.637. The molecule has 54 valence electrons. The highest BCUT2D eigenvalue weighted by atomic mass is 15.2. The number of anilines is 1. The molecule has 10 heavy (non-hydrogen) atoms. The standard InChI is InChI=1S/C6H10N4/c7-6-4-3-8-2-1-5(4)9-10-6/h8H,1-3H2,(H3,7,9,10). The molecule has 0 aromatic carbocycles. The number of H-pyrrole nitrogens is 1. The number of nitrogens with zero attached hydrogens (tertiary/aromatic N) is 1. The average molecular weight is 138 g/mol. The second kappa shape index (κ2) is 1.98. The number of nitrogen functional groups attached to an aromatic ring is 1. The molecule has 0 atom stereocenters. The minimum absolute atomic E-state index is 0.641. The smallest absolute Gasteiger partial charge is 0.149 e. The summed E-state index contributed by atoms with van der Waals surface area (Å²) in [5, 5.41) is 10.0. The SMILES string of the molecule is Nc1n[nH]c2c1CNCC2. The molecule has 0 aliphatic carbocycles. The Hall–Kier alpha value is -1.03. The van der Waals surface area contributed by atoms with Gasteiger partial charge in [-0.25, -0.2) is 0 Å². The van der Waals surface area contributed by atoms with Gasteiger partial charge in [-0.05, 0) is 0 Å². The Morgan fingerprint density at radius 2 is 2.40 bits per heavy atom. The monoisotopic (exact) mass is 138 g/mol. The van der Waals surface area contributed by atoms with E-state index in [0.717, 1.165) is 25.1 Å². The van der Waals surface area contributed by atoms with Crippen molar-refractivity contribution in [2.75, 3.05) is 12.3 Å². The molecule has 0 saturated heterocycles. The first-order chi connectivity index (χ1) is 4.88. The van der Waals surface area contributed by atoms with Gasteiger partial charge in [-0.3, -0.25) is 5.10 Å². The first-order valence-corrected chi connectivity index (χ1v) is 3.40. The van der Waals surface area contributed by atoms with Crippen LogP contribution in [0.1, 0.15) is 11.3 Å². The van der Waals surface area contributed by atoms with Crippen molar-refractivity contribution in [3.63, 3.8) is 0 Å². The zero-order valence-electron chi connectivity index (χ0n) is 5.65. The molecule has 0 fully saturated rings. The van der Waals surface area contributed by atoms with E-state index in [2.05, 4.69) is 15.5 Å². The highest BCUT2D eigenvalue weighted by Crippen LogP contribution is 2.15. The van der Waals surface area contributed by atoms with E-state index in [1.807, 2.05) is 0 Å². The lowest BCUT2D eigenvalue weighted by Gasteiger charge is -2.11. The van der Waals surface area contributed by atoms with Crippen LogP contribution in [0, 0.1) is 0 Å². The molecular weight excluding hydrogens is 128 g/mol. The number of hydrogen-bond acceptors (Lipinski definition) is 3. The molecule has 2 heterocycles. The highest BCUT2D eigenvalue weighted by molar-refractivity contribution is 5.42. The second-order valence-corrected chi connectivity index (χ2v) is 2.49. The summed E-state index contributed by atoms with van der Waals surface area (Å²) >= 11 is 0. The molecule has 1 aliphatic rings. The fourth-order valence-corrected chi connectivity index (χ4v) is 1.25. The predicted molar refractivity (Wildman–Crippen MR) is 38.4 cm³/mol. The Balaban J connectivity index is 2.45.